The molecule has 0 amide bonds. The molecule has 0 bridgehead atoms. The van der Waals surface area contributed by atoms with Crippen LogP contribution < -0.4 is 24.7 Å². The lowest BCUT2D eigenvalue weighted by atomic mass is 9.81. The highest BCUT2D eigenvalue weighted by Gasteiger charge is 2.40. The molecule has 0 radical (unpaired) electrons. The number of ether oxygens (including phenoxy) is 6. The molecule has 0 aliphatic carbocycles. The first-order valence-corrected chi connectivity index (χ1v) is 10.4. The first-order valence-electron chi connectivity index (χ1n) is 10.4. The number of methoxy groups -OCH3 is 4. The maximum atomic E-state index is 13.3. The lowest BCUT2D eigenvalue weighted by molar-refractivity contribution is -0.138. The van der Waals surface area contributed by atoms with Crippen LogP contribution in [-0.4, -0.2) is 41.0 Å². The van der Waals surface area contributed by atoms with Gasteiger partial charge in [0.15, 0.2) is 11.5 Å². The summed E-state index contributed by atoms with van der Waals surface area (Å²) in [5.41, 5.74) is 7.32. The molecule has 0 aromatic heterocycles. The Hall–Kier alpha value is -4.32. The molecule has 2 aromatic rings. The summed E-state index contributed by atoms with van der Waals surface area (Å²) in [7, 11) is 5.97. The SMILES string of the molecule is CCOC(=O)C1=C(c2ccc(OC)cc2)OC(N)=C(C#N)C1c1ccc(OC)c(OC)c1OC. The van der Waals surface area contributed by atoms with Crippen LogP contribution in [0.5, 0.6) is 23.0 Å². The van der Waals surface area contributed by atoms with Crippen LogP contribution in [0.25, 0.3) is 5.76 Å². The normalized spacial score (nSPS) is 15.2. The van der Waals surface area contributed by atoms with Crippen molar-refractivity contribution >= 4 is 11.7 Å². The van der Waals surface area contributed by atoms with Gasteiger partial charge < -0.3 is 34.2 Å². The van der Waals surface area contributed by atoms with E-state index in [-0.39, 0.29) is 35.1 Å². The van der Waals surface area contributed by atoms with E-state index in [0.29, 0.717) is 28.4 Å². The Kier molecular flexibility index (Phi) is 7.53. The number of carbonyl (C=O) groups excluding carboxylic acids is 1. The molecule has 1 aliphatic heterocycles. The number of allylic oxidation sites excluding steroid dienone is 1. The van der Waals surface area contributed by atoms with E-state index in [4.69, 9.17) is 34.2 Å². The zero-order chi connectivity index (χ0) is 24.8. The first-order chi connectivity index (χ1) is 16.4. The molecule has 1 atom stereocenters. The topological polar surface area (TPSA) is 122 Å². The molecule has 178 valence electrons. The van der Waals surface area contributed by atoms with Crippen molar-refractivity contribution in [2.75, 3.05) is 35.0 Å². The molecular formula is C25H26N2O7. The van der Waals surface area contributed by atoms with Crippen LogP contribution in [0, 0.1) is 11.3 Å². The second kappa shape index (κ2) is 10.5. The van der Waals surface area contributed by atoms with Crippen LogP contribution >= 0.6 is 0 Å². The molecular weight excluding hydrogens is 440 g/mol. The molecule has 0 spiro atoms. The molecule has 0 saturated heterocycles. The lowest BCUT2D eigenvalue weighted by Gasteiger charge is -2.29. The van der Waals surface area contributed by atoms with E-state index < -0.39 is 11.9 Å². The minimum Gasteiger partial charge on any atom is -0.497 e. The van der Waals surface area contributed by atoms with Gasteiger partial charge in [-0.3, -0.25) is 0 Å². The number of benzene rings is 2. The highest BCUT2D eigenvalue weighted by atomic mass is 16.5. The van der Waals surface area contributed by atoms with E-state index in [2.05, 4.69) is 6.07 Å². The number of hydrogen-bond donors (Lipinski definition) is 1. The Balaban J connectivity index is 2.36. The second-order valence-corrected chi connectivity index (χ2v) is 7.04. The van der Waals surface area contributed by atoms with Crippen molar-refractivity contribution in [1.82, 2.24) is 0 Å². The van der Waals surface area contributed by atoms with Crippen LogP contribution in [0.3, 0.4) is 0 Å². The summed E-state index contributed by atoms with van der Waals surface area (Å²) in [5, 5.41) is 9.98. The van der Waals surface area contributed by atoms with Crippen LogP contribution in [0.15, 0.2) is 53.4 Å². The van der Waals surface area contributed by atoms with E-state index in [9.17, 15) is 10.1 Å². The largest absolute Gasteiger partial charge is 0.497 e. The highest BCUT2D eigenvalue weighted by Crippen LogP contribution is 2.50. The van der Waals surface area contributed by atoms with Gasteiger partial charge in [0.05, 0.1) is 46.5 Å². The molecule has 9 nitrogen and oxygen atoms in total. The van der Waals surface area contributed by atoms with Crippen LogP contribution in [0.1, 0.15) is 24.0 Å². The van der Waals surface area contributed by atoms with Gasteiger partial charge in [-0.25, -0.2) is 4.79 Å². The minimum absolute atomic E-state index is 0.0332. The van der Waals surface area contributed by atoms with Crippen LogP contribution in [-0.2, 0) is 14.3 Å². The van der Waals surface area contributed by atoms with Crippen LogP contribution in [0.2, 0.25) is 0 Å². The number of nitrogens with zero attached hydrogens (tertiary/aromatic N) is 1. The zero-order valence-corrected chi connectivity index (χ0v) is 19.6. The number of carbonyl (C=O) groups is 1. The molecule has 1 unspecified atom stereocenters. The molecule has 1 heterocycles. The fourth-order valence-corrected chi connectivity index (χ4v) is 3.80. The van der Waals surface area contributed by atoms with Gasteiger partial charge in [-0.1, -0.05) is 6.07 Å². The third kappa shape index (κ3) is 4.30. The average Bonchev–Trinajstić information content (AvgIpc) is 2.87. The number of nitrogens with two attached hydrogens (primary N) is 1. The summed E-state index contributed by atoms with van der Waals surface area (Å²) in [5.74, 6) is 0.0480. The fraction of sp³-hybridized carbons (Fsp3) is 0.280. The van der Waals surface area contributed by atoms with Crippen molar-refractivity contribution in [3.05, 3.63) is 64.6 Å². The quantitative estimate of drug-likeness (QED) is 0.582. The standard InChI is InChI=1S/C25H26N2O7/c1-6-33-25(28)20-19(16-11-12-18(30-3)23(32-5)22(16)31-4)17(13-26)24(27)34-21(20)14-7-9-15(29-2)10-8-14/h7-12,19H,6,27H2,1-5H3. The van der Waals surface area contributed by atoms with Crippen molar-refractivity contribution in [1.29, 1.82) is 5.26 Å². The third-order valence-electron chi connectivity index (χ3n) is 5.31. The highest BCUT2D eigenvalue weighted by molar-refractivity contribution is 6.00. The molecule has 2 aromatic carbocycles. The molecule has 1 aliphatic rings. The molecule has 0 fully saturated rings. The second-order valence-electron chi connectivity index (χ2n) is 7.04. The van der Waals surface area contributed by atoms with Gasteiger partial charge in [0.25, 0.3) is 0 Å². The average molecular weight is 466 g/mol. The number of nitriles is 1. The van der Waals surface area contributed by atoms with Gasteiger partial charge in [-0.2, -0.15) is 5.26 Å². The van der Waals surface area contributed by atoms with Crippen LogP contribution in [0.4, 0.5) is 0 Å². The number of rotatable bonds is 8. The Morgan fingerprint density at radius 3 is 2.21 bits per heavy atom. The van der Waals surface area contributed by atoms with Crippen molar-refractivity contribution in [2.24, 2.45) is 5.73 Å². The third-order valence-corrected chi connectivity index (χ3v) is 5.31. The summed E-state index contributed by atoms with van der Waals surface area (Å²) in [6.45, 7) is 1.81. The van der Waals surface area contributed by atoms with Gasteiger partial charge in [-0.05, 0) is 37.3 Å². The Labute approximate surface area is 197 Å². The van der Waals surface area contributed by atoms with E-state index >= 15 is 0 Å². The van der Waals surface area contributed by atoms with Gasteiger partial charge in [0.1, 0.15) is 23.2 Å². The molecule has 3 rings (SSSR count). The number of esters is 1. The monoisotopic (exact) mass is 466 g/mol. The summed E-state index contributed by atoms with van der Waals surface area (Å²) >= 11 is 0. The molecule has 2 N–H and O–H groups in total. The maximum absolute atomic E-state index is 13.3. The van der Waals surface area contributed by atoms with Gasteiger partial charge in [0, 0.05) is 11.1 Å². The van der Waals surface area contributed by atoms with Crippen molar-refractivity contribution in [3.8, 4) is 29.1 Å². The first kappa shape index (κ1) is 24.3. The minimum atomic E-state index is -0.954. The van der Waals surface area contributed by atoms with E-state index in [1.807, 2.05) is 0 Å². The summed E-state index contributed by atoms with van der Waals surface area (Å²) in [4.78, 5) is 13.3. The van der Waals surface area contributed by atoms with Gasteiger partial charge in [-0.15, -0.1) is 0 Å². The summed E-state index contributed by atoms with van der Waals surface area (Å²) in [6.07, 6.45) is 0. The lowest BCUT2D eigenvalue weighted by Crippen LogP contribution is -2.26. The Morgan fingerprint density at radius 2 is 1.68 bits per heavy atom. The van der Waals surface area contributed by atoms with E-state index in [1.54, 1.807) is 50.4 Å². The number of hydrogen-bond acceptors (Lipinski definition) is 9. The van der Waals surface area contributed by atoms with Gasteiger partial charge in [0.2, 0.25) is 11.6 Å². The summed E-state index contributed by atoms with van der Waals surface area (Å²) in [6, 6.07) is 12.3. The van der Waals surface area contributed by atoms with E-state index in [0.717, 1.165) is 0 Å². The molecule has 34 heavy (non-hydrogen) atoms. The Morgan fingerprint density at radius 1 is 1.00 bits per heavy atom. The van der Waals surface area contributed by atoms with Crippen molar-refractivity contribution < 1.29 is 33.2 Å². The van der Waals surface area contributed by atoms with E-state index in [1.165, 1.54) is 21.3 Å². The predicted molar refractivity (Wildman–Crippen MR) is 123 cm³/mol. The molecule has 9 heteroatoms. The predicted octanol–water partition coefficient (Wildman–Crippen LogP) is 3.50. The van der Waals surface area contributed by atoms with Crippen molar-refractivity contribution in [3.63, 3.8) is 0 Å². The maximum Gasteiger partial charge on any atom is 0.338 e. The van der Waals surface area contributed by atoms with Gasteiger partial charge >= 0.3 is 5.97 Å². The zero-order valence-electron chi connectivity index (χ0n) is 19.6. The summed E-state index contributed by atoms with van der Waals surface area (Å²) < 4.78 is 32.9. The molecule has 0 saturated carbocycles. The Bertz CT molecular complexity index is 1180. The van der Waals surface area contributed by atoms with Crippen molar-refractivity contribution in [2.45, 2.75) is 12.8 Å². The smallest absolute Gasteiger partial charge is 0.338 e. The fourth-order valence-electron chi connectivity index (χ4n) is 3.80.